The highest BCUT2D eigenvalue weighted by atomic mass is 32.2. The maximum absolute atomic E-state index is 12.3. The molecule has 0 aliphatic carbocycles. The Hall–Kier alpha value is -2.75. The first-order valence-electron chi connectivity index (χ1n) is 13.7. The molecular formula is C29H45N5O4S. The summed E-state index contributed by atoms with van der Waals surface area (Å²) >= 11 is 1.61. The lowest BCUT2D eigenvalue weighted by atomic mass is 9.94. The normalized spacial score (nSPS) is 18.4. The van der Waals surface area contributed by atoms with Gasteiger partial charge in [0.1, 0.15) is 16.2 Å². The Labute approximate surface area is 237 Å². The van der Waals surface area contributed by atoms with Gasteiger partial charge in [0.15, 0.2) is 5.65 Å². The van der Waals surface area contributed by atoms with Crippen molar-refractivity contribution >= 4 is 29.6 Å². The van der Waals surface area contributed by atoms with Crippen LogP contribution >= 0.6 is 11.8 Å². The maximum atomic E-state index is 12.3. The number of imidazole rings is 1. The standard InChI is InChI=1S/C18H26N4O2S.C11H19NO2/c1-18(2,3)24-17(23)22-8-5-6-13(11-22)10-14-12-21-9-7-19-15(21)16(20-14)25-4;1-9-6-5-7-12(8-9)10(13)14-11(2,3)4/h7,9,12-13H,5-6,8,10-11H2,1-4H3;1,5-8H2,2-4H3. The highest BCUT2D eigenvalue weighted by Gasteiger charge is 2.28. The highest BCUT2D eigenvalue weighted by Crippen LogP contribution is 2.24. The van der Waals surface area contributed by atoms with Gasteiger partial charge in [0, 0.05) is 44.8 Å². The summed E-state index contributed by atoms with van der Waals surface area (Å²) in [7, 11) is 0. The molecule has 2 aliphatic heterocycles. The predicted molar refractivity (Wildman–Crippen MR) is 155 cm³/mol. The van der Waals surface area contributed by atoms with Crippen LogP contribution in [0.2, 0.25) is 0 Å². The Kier molecular flexibility index (Phi) is 10.3. The van der Waals surface area contributed by atoms with Crippen molar-refractivity contribution in [3.8, 4) is 0 Å². The van der Waals surface area contributed by atoms with Gasteiger partial charge in [-0.3, -0.25) is 0 Å². The number of carbonyl (C=O) groups excluding carboxylic acids is 2. The molecule has 2 aromatic rings. The van der Waals surface area contributed by atoms with Crippen LogP contribution in [-0.4, -0.2) is 80.0 Å². The summed E-state index contributed by atoms with van der Waals surface area (Å²) in [5.74, 6) is 0.407. The van der Waals surface area contributed by atoms with Gasteiger partial charge in [-0.05, 0) is 85.8 Å². The molecule has 39 heavy (non-hydrogen) atoms. The molecule has 9 nitrogen and oxygen atoms in total. The maximum Gasteiger partial charge on any atom is 0.410 e. The lowest BCUT2D eigenvalue weighted by Crippen LogP contribution is -2.43. The second-order valence-electron chi connectivity index (χ2n) is 12.3. The Morgan fingerprint density at radius 1 is 1.05 bits per heavy atom. The highest BCUT2D eigenvalue weighted by molar-refractivity contribution is 7.98. The molecule has 2 aliphatic rings. The quantitative estimate of drug-likeness (QED) is 0.326. The topological polar surface area (TPSA) is 89.3 Å². The summed E-state index contributed by atoms with van der Waals surface area (Å²) in [6.45, 7) is 18.2. The molecule has 10 heteroatoms. The van der Waals surface area contributed by atoms with Crippen LogP contribution in [0.4, 0.5) is 9.59 Å². The van der Waals surface area contributed by atoms with Gasteiger partial charge in [0.2, 0.25) is 0 Å². The number of carbonyl (C=O) groups is 2. The first kappa shape index (κ1) is 30.8. The van der Waals surface area contributed by atoms with E-state index in [0.29, 0.717) is 12.5 Å². The van der Waals surface area contributed by atoms with Crippen molar-refractivity contribution in [2.75, 3.05) is 32.4 Å². The minimum atomic E-state index is -0.453. The number of hydrogen-bond donors (Lipinski definition) is 0. The summed E-state index contributed by atoms with van der Waals surface area (Å²) < 4.78 is 12.8. The van der Waals surface area contributed by atoms with Crippen LogP contribution in [0.5, 0.6) is 0 Å². The number of aromatic nitrogens is 3. The van der Waals surface area contributed by atoms with Crippen LogP contribution in [0.1, 0.15) is 72.9 Å². The Morgan fingerprint density at radius 2 is 1.69 bits per heavy atom. The molecule has 0 bridgehead atoms. The van der Waals surface area contributed by atoms with E-state index in [1.807, 2.05) is 63.3 Å². The fourth-order valence-electron chi connectivity index (χ4n) is 4.64. The monoisotopic (exact) mass is 559 g/mol. The number of rotatable bonds is 3. The lowest BCUT2D eigenvalue weighted by molar-refractivity contribution is 0.0164. The Balaban J connectivity index is 0.000000255. The number of amides is 2. The average Bonchev–Trinajstić information content (AvgIpc) is 3.31. The number of thioether (sulfide) groups is 1. The lowest BCUT2D eigenvalue weighted by Gasteiger charge is -2.34. The smallest absolute Gasteiger partial charge is 0.410 e. The van der Waals surface area contributed by atoms with Gasteiger partial charge in [0.05, 0.1) is 5.69 Å². The van der Waals surface area contributed by atoms with Crippen LogP contribution in [-0.2, 0) is 15.9 Å². The van der Waals surface area contributed by atoms with E-state index in [1.165, 1.54) is 0 Å². The Morgan fingerprint density at radius 3 is 2.31 bits per heavy atom. The summed E-state index contributed by atoms with van der Waals surface area (Å²) in [5, 5.41) is 0.947. The van der Waals surface area contributed by atoms with Crippen LogP contribution in [0.15, 0.2) is 35.8 Å². The van der Waals surface area contributed by atoms with Crippen molar-refractivity contribution in [3.05, 3.63) is 36.4 Å². The minimum absolute atomic E-state index is 0.208. The molecule has 2 aromatic heterocycles. The van der Waals surface area contributed by atoms with Crippen molar-refractivity contribution in [1.29, 1.82) is 0 Å². The van der Waals surface area contributed by atoms with Crippen molar-refractivity contribution in [1.82, 2.24) is 24.2 Å². The molecule has 0 radical (unpaired) electrons. The van der Waals surface area contributed by atoms with Gasteiger partial charge in [-0.2, -0.15) is 0 Å². The second-order valence-corrected chi connectivity index (χ2v) is 13.1. The number of nitrogens with zero attached hydrogens (tertiary/aromatic N) is 5. The number of hydrogen-bond acceptors (Lipinski definition) is 7. The third-order valence-electron chi connectivity index (χ3n) is 6.28. The fourth-order valence-corrected chi connectivity index (χ4v) is 5.19. The van der Waals surface area contributed by atoms with Crippen molar-refractivity contribution in [3.63, 3.8) is 0 Å². The number of likely N-dealkylation sites (tertiary alicyclic amines) is 2. The van der Waals surface area contributed by atoms with Gasteiger partial charge in [-0.15, -0.1) is 11.8 Å². The van der Waals surface area contributed by atoms with Gasteiger partial charge < -0.3 is 23.7 Å². The molecule has 0 saturated carbocycles. The molecule has 1 unspecified atom stereocenters. The van der Waals surface area contributed by atoms with E-state index in [1.54, 1.807) is 22.9 Å². The van der Waals surface area contributed by atoms with Gasteiger partial charge >= 0.3 is 12.2 Å². The molecule has 2 amide bonds. The van der Waals surface area contributed by atoms with Crippen molar-refractivity contribution in [2.24, 2.45) is 5.92 Å². The molecule has 0 aromatic carbocycles. The third-order valence-corrected chi connectivity index (χ3v) is 6.94. The van der Waals surface area contributed by atoms with Crippen LogP contribution in [0, 0.1) is 5.92 Å². The zero-order valence-electron chi connectivity index (χ0n) is 24.7. The van der Waals surface area contributed by atoms with Gasteiger partial charge in [0.25, 0.3) is 0 Å². The van der Waals surface area contributed by atoms with E-state index < -0.39 is 11.2 Å². The number of piperidine rings is 2. The van der Waals surface area contributed by atoms with Crippen molar-refractivity contribution in [2.45, 2.75) is 89.9 Å². The second kappa shape index (κ2) is 13.1. The van der Waals surface area contributed by atoms with Crippen LogP contribution in [0.25, 0.3) is 5.65 Å². The summed E-state index contributed by atoms with van der Waals surface area (Å²) in [6, 6.07) is 0. The minimum Gasteiger partial charge on any atom is -0.444 e. The number of fused-ring (bicyclic) bond motifs is 1. The summed E-state index contributed by atoms with van der Waals surface area (Å²) in [4.78, 5) is 36.6. The van der Waals surface area contributed by atoms with E-state index in [9.17, 15) is 9.59 Å². The largest absolute Gasteiger partial charge is 0.444 e. The number of ether oxygens (including phenoxy) is 2. The first-order chi connectivity index (χ1) is 18.2. The zero-order valence-corrected chi connectivity index (χ0v) is 25.5. The molecule has 4 rings (SSSR count). The molecule has 2 saturated heterocycles. The summed E-state index contributed by atoms with van der Waals surface area (Å²) in [6.07, 6.45) is 12.4. The summed E-state index contributed by atoms with van der Waals surface area (Å²) in [5.41, 5.74) is 2.20. The molecule has 0 spiro atoms. The SMILES string of the molecule is C=C1CCCN(C(=O)OC(C)(C)C)C1.CSc1nc(CC2CCCN(C(=O)OC(C)(C)C)C2)cn2ccnc12. The van der Waals surface area contributed by atoms with E-state index in [4.69, 9.17) is 14.5 Å². The van der Waals surface area contributed by atoms with Crippen LogP contribution in [0.3, 0.4) is 0 Å². The molecule has 0 N–H and O–H groups in total. The molecule has 1 atom stereocenters. The van der Waals surface area contributed by atoms with Crippen molar-refractivity contribution < 1.29 is 19.1 Å². The fraction of sp³-hybridized carbons (Fsp3) is 0.655. The van der Waals surface area contributed by atoms with Crippen LogP contribution < -0.4 is 0 Å². The van der Waals surface area contributed by atoms with Gasteiger partial charge in [-0.25, -0.2) is 19.6 Å². The third kappa shape index (κ3) is 9.74. The first-order valence-corrected chi connectivity index (χ1v) is 15.0. The van der Waals surface area contributed by atoms with Gasteiger partial charge in [-0.1, -0.05) is 12.2 Å². The average molecular weight is 560 g/mol. The molecule has 216 valence electrons. The van der Waals surface area contributed by atoms with E-state index in [2.05, 4.69) is 17.8 Å². The molecule has 2 fully saturated rings. The molecular weight excluding hydrogens is 514 g/mol. The molecule has 4 heterocycles. The Bertz CT molecular complexity index is 1150. The van der Waals surface area contributed by atoms with E-state index >= 15 is 0 Å². The van der Waals surface area contributed by atoms with E-state index in [-0.39, 0.29) is 12.2 Å². The predicted octanol–water partition coefficient (Wildman–Crippen LogP) is 6.21. The zero-order chi connectivity index (χ0) is 28.8. The van der Waals surface area contributed by atoms with E-state index in [0.717, 1.165) is 73.7 Å².